The molecule has 0 atom stereocenters. The first-order valence-corrected chi connectivity index (χ1v) is 7.73. The molecule has 0 saturated carbocycles. The van der Waals surface area contributed by atoms with Crippen LogP contribution in [0.25, 0.3) is 0 Å². The molecule has 3 nitrogen and oxygen atoms in total. The fraction of sp³-hybridized carbons (Fsp3) is 0.0667. The van der Waals surface area contributed by atoms with Gasteiger partial charge in [0.15, 0.2) is 11.6 Å². The summed E-state index contributed by atoms with van der Waals surface area (Å²) in [4.78, 5) is 12.9. The van der Waals surface area contributed by atoms with Crippen molar-refractivity contribution >= 4 is 35.5 Å². The fourth-order valence-electron chi connectivity index (χ4n) is 1.61. The Morgan fingerprint density at radius 1 is 1.23 bits per heavy atom. The maximum atomic E-state index is 13.1. The third kappa shape index (κ3) is 4.05. The van der Waals surface area contributed by atoms with Crippen LogP contribution in [0.15, 0.2) is 46.4 Å². The molecule has 2 aromatic rings. The number of carbonyl (C=O) groups is 1. The number of carbonyl (C=O) groups excluding carboxylic acids is 1. The van der Waals surface area contributed by atoms with Gasteiger partial charge in [0.1, 0.15) is 0 Å². The standard InChI is InChI=1S/C15H11ClF2N2OS/c1-22-10-4-2-9(3-5-10)8-19-20-15(21)11-6-13(17)14(18)7-12(11)16/h2-8H,1H3,(H,20,21)/b19-8-. The van der Waals surface area contributed by atoms with Gasteiger partial charge in [0, 0.05) is 4.90 Å². The summed E-state index contributed by atoms with van der Waals surface area (Å²) in [6.45, 7) is 0. The normalized spacial score (nSPS) is 10.9. The van der Waals surface area contributed by atoms with Crippen molar-refractivity contribution in [2.75, 3.05) is 6.26 Å². The summed E-state index contributed by atoms with van der Waals surface area (Å²) in [5.41, 5.74) is 2.82. The summed E-state index contributed by atoms with van der Waals surface area (Å²) in [6.07, 6.45) is 3.41. The zero-order valence-corrected chi connectivity index (χ0v) is 13.0. The second-order valence-corrected chi connectivity index (χ2v) is 5.51. The quantitative estimate of drug-likeness (QED) is 0.394. The summed E-state index contributed by atoms with van der Waals surface area (Å²) in [5, 5.41) is 3.58. The third-order valence-electron chi connectivity index (χ3n) is 2.75. The summed E-state index contributed by atoms with van der Waals surface area (Å²) in [5.74, 6) is -2.98. The van der Waals surface area contributed by atoms with Gasteiger partial charge < -0.3 is 0 Å². The van der Waals surface area contributed by atoms with Crippen LogP contribution in [0.2, 0.25) is 5.02 Å². The van der Waals surface area contributed by atoms with Crippen LogP contribution in [0.1, 0.15) is 15.9 Å². The molecule has 0 aromatic heterocycles. The lowest BCUT2D eigenvalue weighted by molar-refractivity contribution is 0.0954. The number of hydrogen-bond acceptors (Lipinski definition) is 3. The first kappa shape index (κ1) is 16.5. The van der Waals surface area contributed by atoms with Crippen LogP contribution < -0.4 is 5.43 Å². The van der Waals surface area contributed by atoms with E-state index in [2.05, 4.69) is 10.5 Å². The molecule has 0 radical (unpaired) electrons. The number of nitrogens with one attached hydrogen (secondary N) is 1. The minimum Gasteiger partial charge on any atom is -0.267 e. The van der Waals surface area contributed by atoms with Crippen molar-refractivity contribution in [2.45, 2.75) is 4.90 Å². The molecule has 2 aromatic carbocycles. The molecule has 0 aliphatic rings. The lowest BCUT2D eigenvalue weighted by atomic mass is 10.2. The Balaban J connectivity index is 2.06. The third-order valence-corrected chi connectivity index (χ3v) is 3.81. The predicted octanol–water partition coefficient (Wildman–Crippen LogP) is 4.10. The average Bonchev–Trinajstić information content (AvgIpc) is 2.51. The first-order chi connectivity index (χ1) is 10.5. The highest BCUT2D eigenvalue weighted by atomic mass is 35.5. The van der Waals surface area contributed by atoms with Crippen molar-refractivity contribution in [1.29, 1.82) is 0 Å². The van der Waals surface area contributed by atoms with Crippen LogP contribution in [-0.2, 0) is 0 Å². The van der Waals surface area contributed by atoms with Crippen LogP contribution in [0.3, 0.4) is 0 Å². The summed E-state index contributed by atoms with van der Waals surface area (Å²) >= 11 is 7.32. The fourth-order valence-corrected chi connectivity index (χ4v) is 2.26. The minimum absolute atomic E-state index is 0.184. The van der Waals surface area contributed by atoms with Crippen molar-refractivity contribution < 1.29 is 13.6 Å². The molecular weight excluding hydrogens is 330 g/mol. The van der Waals surface area contributed by atoms with E-state index in [4.69, 9.17) is 11.6 Å². The molecule has 2 rings (SSSR count). The number of thioether (sulfide) groups is 1. The van der Waals surface area contributed by atoms with E-state index in [-0.39, 0.29) is 10.6 Å². The van der Waals surface area contributed by atoms with Gasteiger partial charge in [-0.2, -0.15) is 5.10 Å². The van der Waals surface area contributed by atoms with Gasteiger partial charge in [-0.05, 0) is 36.1 Å². The van der Waals surface area contributed by atoms with Crippen molar-refractivity contribution in [2.24, 2.45) is 5.10 Å². The number of benzene rings is 2. The molecule has 0 fully saturated rings. The average molecular weight is 341 g/mol. The molecular formula is C15H11ClF2N2OS. The molecule has 1 amide bonds. The number of halogens is 3. The molecule has 0 unspecified atom stereocenters. The van der Waals surface area contributed by atoms with Gasteiger partial charge in [0.25, 0.3) is 5.91 Å². The van der Waals surface area contributed by atoms with E-state index in [0.29, 0.717) is 0 Å². The lowest BCUT2D eigenvalue weighted by Crippen LogP contribution is -2.18. The van der Waals surface area contributed by atoms with E-state index in [0.717, 1.165) is 22.6 Å². The van der Waals surface area contributed by atoms with Gasteiger partial charge in [-0.15, -0.1) is 11.8 Å². The Morgan fingerprint density at radius 2 is 1.86 bits per heavy atom. The van der Waals surface area contributed by atoms with Crippen LogP contribution in [-0.4, -0.2) is 18.4 Å². The second-order valence-electron chi connectivity index (χ2n) is 4.22. The van der Waals surface area contributed by atoms with E-state index < -0.39 is 17.5 Å². The molecule has 7 heteroatoms. The van der Waals surface area contributed by atoms with Crippen molar-refractivity contribution in [3.8, 4) is 0 Å². The predicted molar refractivity (Wildman–Crippen MR) is 84.7 cm³/mol. The van der Waals surface area contributed by atoms with E-state index in [1.54, 1.807) is 11.8 Å². The topological polar surface area (TPSA) is 41.5 Å². The molecule has 22 heavy (non-hydrogen) atoms. The zero-order valence-electron chi connectivity index (χ0n) is 11.4. The summed E-state index contributed by atoms with van der Waals surface area (Å²) < 4.78 is 26.1. The largest absolute Gasteiger partial charge is 0.272 e. The molecule has 0 saturated heterocycles. The summed E-state index contributed by atoms with van der Waals surface area (Å²) in [6, 6.07) is 8.99. The Morgan fingerprint density at radius 3 is 2.50 bits per heavy atom. The lowest BCUT2D eigenvalue weighted by Gasteiger charge is -2.03. The Bertz CT molecular complexity index is 720. The SMILES string of the molecule is CSc1ccc(/C=N\NC(=O)c2cc(F)c(F)cc2Cl)cc1. The minimum atomic E-state index is -1.15. The zero-order chi connectivity index (χ0) is 16.1. The van der Waals surface area contributed by atoms with Gasteiger partial charge >= 0.3 is 0 Å². The van der Waals surface area contributed by atoms with Crippen molar-refractivity contribution in [1.82, 2.24) is 5.43 Å². The second kappa shape index (κ2) is 7.38. The van der Waals surface area contributed by atoms with E-state index in [1.807, 2.05) is 30.5 Å². The van der Waals surface area contributed by atoms with Crippen LogP contribution in [0, 0.1) is 11.6 Å². The van der Waals surface area contributed by atoms with E-state index >= 15 is 0 Å². The summed E-state index contributed by atoms with van der Waals surface area (Å²) in [7, 11) is 0. The van der Waals surface area contributed by atoms with E-state index in [1.165, 1.54) is 6.21 Å². The maximum Gasteiger partial charge on any atom is 0.272 e. The van der Waals surface area contributed by atoms with Gasteiger partial charge in [-0.3, -0.25) is 4.79 Å². The molecule has 1 N–H and O–H groups in total. The van der Waals surface area contributed by atoms with Crippen LogP contribution in [0.4, 0.5) is 8.78 Å². The highest BCUT2D eigenvalue weighted by Gasteiger charge is 2.14. The number of rotatable bonds is 4. The molecule has 0 heterocycles. The van der Waals surface area contributed by atoms with Crippen molar-refractivity contribution in [3.63, 3.8) is 0 Å². The molecule has 0 aliphatic carbocycles. The highest BCUT2D eigenvalue weighted by Crippen LogP contribution is 2.20. The van der Waals surface area contributed by atoms with Gasteiger partial charge in [0.05, 0.1) is 16.8 Å². The number of hydrazone groups is 1. The Kier molecular flexibility index (Phi) is 5.51. The number of amides is 1. The molecule has 0 bridgehead atoms. The van der Waals surface area contributed by atoms with Gasteiger partial charge in [-0.25, -0.2) is 14.2 Å². The van der Waals surface area contributed by atoms with E-state index in [9.17, 15) is 13.6 Å². The highest BCUT2D eigenvalue weighted by molar-refractivity contribution is 7.98. The molecule has 0 spiro atoms. The van der Waals surface area contributed by atoms with Gasteiger partial charge in [-0.1, -0.05) is 23.7 Å². The molecule has 114 valence electrons. The Hall–Kier alpha value is -1.92. The maximum absolute atomic E-state index is 13.1. The van der Waals surface area contributed by atoms with Crippen LogP contribution >= 0.6 is 23.4 Å². The monoisotopic (exact) mass is 340 g/mol. The van der Waals surface area contributed by atoms with Crippen molar-refractivity contribution in [3.05, 3.63) is 64.2 Å². The first-order valence-electron chi connectivity index (χ1n) is 6.13. The Labute approximate surface area is 135 Å². The smallest absolute Gasteiger partial charge is 0.267 e. The van der Waals surface area contributed by atoms with Crippen LogP contribution in [0.5, 0.6) is 0 Å². The molecule has 0 aliphatic heterocycles. The number of nitrogens with zero attached hydrogens (tertiary/aromatic N) is 1. The number of hydrogen-bond donors (Lipinski definition) is 1. The van der Waals surface area contributed by atoms with Gasteiger partial charge in [0.2, 0.25) is 0 Å².